The molecule has 5 rings (SSSR count). The molecule has 5 heterocycles. The van der Waals surface area contributed by atoms with Gasteiger partial charge >= 0.3 is 11.9 Å². The van der Waals surface area contributed by atoms with E-state index in [0.717, 1.165) is 6.92 Å². The summed E-state index contributed by atoms with van der Waals surface area (Å²) in [4.78, 5) is 50.2. The highest BCUT2D eigenvalue weighted by atomic mass is 16.8. The van der Waals surface area contributed by atoms with E-state index in [2.05, 4.69) is 5.32 Å². The molecule has 0 radical (unpaired) electrons. The second-order valence-corrected chi connectivity index (χ2v) is 18.3. The van der Waals surface area contributed by atoms with E-state index in [1.54, 1.807) is 0 Å². The van der Waals surface area contributed by atoms with E-state index < -0.39 is 241 Å². The van der Waals surface area contributed by atoms with E-state index in [0.29, 0.717) is 0 Å². The Morgan fingerprint density at radius 1 is 0.573 bits per heavy atom. The zero-order valence-corrected chi connectivity index (χ0v) is 39.3. The van der Waals surface area contributed by atoms with Crippen molar-refractivity contribution in [3.63, 3.8) is 0 Å². The molecule has 434 valence electrons. The summed E-state index contributed by atoms with van der Waals surface area (Å²) in [7, 11) is 0. The fourth-order valence-electron chi connectivity index (χ4n) is 9.12. The third kappa shape index (κ3) is 13.5. The number of aliphatic carboxylic acids is 2. The van der Waals surface area contributed by atoms with Crippen LogP contribution >= 0.6 is 0 Å². The van der Waals surface area contributed by atoms with Gasteiger partial charge in [-0.2, -0.15) is 0 Å². The van der Waals surface area contributed by atoms with Gasteiger partial charge in [-0.25, -0.2) is 9.59 Å². The molecule has 35 nitrogen and oxygen atoms in total. The lowest BCUT2D eigenvalue weighted by molar-refractivity contribution is -0.396. The van der Waals surface area contributed by atoms with Crippen molar-refractivity contribution in [2.24, 2.45) is 0 Å². The standard InChI is InChI=1S/C40H66N2O33/c1-10(48)41-19-11(49)2-39(37(63)64,73-30(19)21(54)13(51)4-43)67-9-17-24(57)32(27(60)35(70-17)71-29-16(7-46)68-34(62)26(59)25(29)58)72-36-28(61)33(23(56)15(6-45)69-36)75-40(38(65)66)3-12(50)20(42-18(53)8-47)31(74-40)22(55)14(52)5-44/h11-17,19-36,43-47,49-52,54-62H,2-9H2,1H3,(H,41,48)(H,42,53)(H,63,64)(H,65,66)/t11-,12-,13+,14+,15+,16+,17+,19+,20+,21+,22+,23-,24-,25+,26+,27+,28+,29+,30+,31+,32-,33-,34?,35-,36-,39+,40-/m0/s1. The lowest BCUT2D eigenvalue weighted by Crippen LogP contribution is -2.71. The van der Waals surface area contributed by atoms with E-state index in [4.69, 9.17) is 42.6 Å². The van der Waals surface area contributed by atoms with Gasteiger partial charge in [0, 0.05) is 19.8 Å². The van der Waals surface area contributed by atoms with Crippen molar-refractivity contribution in [2.45, 2.75) is 184 Å². The molecule has 0 spiro atoms. The number of amides is 2. The van der Waals surface area contributed by atoms with Crippen molar-refractivity contribution < 1.29 is 164 Å². The second kappa shape index (κ2) is 26.2. The van der Waals surface area contributed by atoms with Gasteiger partial charge in [0.05, 0.1) is 57.3 Å². The minimum atomic E-state index is -3.33. The summed E-state index contributed by atoms with van der Waals surface area (Å²) < 4.78 is 50.2. The molecule has 0 aliphatic carbocycles. The summed E-state index contributed by atoms with van der Waals surface area (Å²) in [5.41, 5.74) is 0. The van der Waals surface area contributed by atoms with Crippen molar-refractivity contribution in [3.05, 3.63) is 0 Å². The molecule has 22 N–H and O–H groups in total. The Morgan fingerprint density at radius 3 is 1.53 bits per heavy atom. The first-order valence-corrected chi connectivity index (χ1v) is 23.0. The molecule has 0 saturated carbocycles. The first-order chi connectivity index (χ1) is 35.2. The van der Waals surface area contributed by atoms with Gasteiger partial charge in [-0.1, -0.05) is 0 Å². The zero-order chi connectivity index (χ0) is 56.2. The van der Waals surface area contributed by atoms with Crippen molar-refractivity contribution in [1.29, 1.82) is 0 Å². The highest BCUT2D eigenvalue weighted by molar-refractivity contribution is 5.78. The average Bonchev–Trinajstić information content (AvgIpc) is 3.37. The molecular formula is C40H66N2O33. The molecule has 0 aromatic carbocycles. The van der Waals surface area contributed by atoms with Gasteiger partial charge in [0.1, 0.15) is 116 Å². The molecule has 75 heavy (non-hydrogen) atoms. The third-order valence-corrected chi connectivity index (χ3v) is 13.2. The van der Waals surface area contributed by atoms with E-state index in [1.165, 1.54) is 0 Å². The molecule has 0 aromatic rings. The predicted octanol–water partition coefficient (Wildman–Crippen LogP) is -14.3. The van der Waals surface area contributed by atoms with Crippen LogP contribution in [0, 0.1) is 0 Å². The van der Waals surface area contributed by atoms with Crippen LogP contribution in [0.2, 0.25) is 0 Å². The molecule has 5 aliphatic heterocycles. The summed E-state index contributed by atoms with van der Waals surface area (Å²) in [6.07, 6.45) is -53.4. The number of aliphatic hydroxyl groups is 18. The average molecular weight is 1100 g/mol. The molecule has 2 amide bonds. The van der Waals surface area contributed by atoms with Crippen LogP contribution in [0.3, 0.4) is 0 Å². The van der Waals surface area contributed by atoms with Crippen LogP contribution in [-0.4, -0.2) is 330 Å². The molecule has 27 atom stereocenters. The van der Waals surface area contributed by atoms with E-state index >= 15 is 0 Å². The van der Waals surface area contributed by atoms with Gasteiger partial charge in [-0.3, -0.25) is 9.59 Å². The number of hydrogen-bond acceptors (Lipinski definition) is 31. The monoisotopic (exact) mass is 1100 g/mol. The van der Waals surface area contributed by atoms with E-state index in [9.17, 15) is 121 Å². The van der Waals surface area contributed by atoms with Gasteiger partial charge < -0.3 is 155 Å². The fourth-order valence-corrected chi connectivity index (χ4v) is 9.12. The number of carbonyl (C=O) groups excluding carboxylic acids is 2. The SMILES string of the molecule is CC(=O)N[C@H]1[C@H]([C@H](O)[C@H](O)CO)O[C@@](OC[C@H]2O[C@@H](O[C@H]3[C@H](O)[C@@H](O)C(O)O[C@@H]3CO)[C@H](O)[C@@H](O[C@@H]3O[C@H](CO)[C@H](O)[C@H](O[C@]4(C(=O)O)C[C@H](O)[C@@H](NC(=O)CO)[C@H]([C@H](O)[C@H](O)CO)O4)[C@H]3O)[C@H]2O)(C(=O)O)C[C@@H]1O. The summed E-state index contributed by atoms with van der Waals surface area (Å²) in [5, 5.41) is 216. The third-order valence-electron chi connectivity index (χ3n) is 13.2. The molecular weight excluding hydrogens is 1040 g/mol. The Kier molecular flexibility index (Phi) is 21.9. The van der Waals surface area contributed by atoms with Gasteiger partial charge in [0.2, 0.25) is 11.8 Å². The minimum absolute atomic E-state index is 0.842. The summed E-state index contributed by atoms with van der Waals surface area (Å²) in [6.45, 7) is -6.18. The number of ether oxygens (including phenoxy) is 9. The molecule has 5 fully saturated rings. The van der Waals surface area contributed by atoms with Gasteiger partial charge in [-0.05, 0) is 0 Å². The van der Waals surface area contributed by atoms with E-state index in [-0.39, 0.29) is 0 Å². The van der Waals surface area contributed by atoms with Gasteiger partial charge in [0.15, 0.2) is 18.9 Å². The Morgan fingerprint density at radius 2 is 1.04 bits per heavy atom. The molecule has 0 bridgehead atoms. The fraction of sp³-hybridized carbons (Fsp3) is 0.900. The Hall–Kier alpha value is -3.20. The highest BCUT2D eigenvalue weighted by Crippen LogP contribution is 2.40. The quantitative estimate of drug-likeness (QED) is 0.0479. The Balaban J connectivity index is 1.51. The maximum atomic E-state index is 13.0. The summed E-state index contributed by atoms with van der Waals surface area (Å²) >= 11 is 0. The minimum Gasteiger partial charge on any atom is -0.477 e. The number of carboxylic acid groups (broad SMARTS) is 2. The number of rotatable bonds is 22. The van der Waals surface area contributed by atoms with Crippen LogP contribution in [-0.2, 0) is 61.8 Å². The van der Waals surface area contributed by atoms with Crippen LogP contribution in [0.25, 0.3) is 0 Å². The second-order valence-electron chi connectivity index (χ2n) is 18.3. The van der Waals surface area contributed by atoms with Crippen LogP contribution in [0.5, 0.6) is 0 Å². The van der Waals surface area contributed by atoms with Crippen LogP contribution in [0.15, 0.2) is 0 Å². The molecule has 1 unspecified atom stereocenters. The number of carbonyl (C=O) groups is 4. The maximum absolute atomic E-state index is 13.0. The molecule has 5 aliphatic rings. The largest absolute Gasteiger partial charge is 0.477 e. The van der Waals surface area contributed by atoms with Crippen molar-refractivity contribution in [3.8, 4) is 0 Å². The number of nitrogens with one attached hydrogen (secondary N) is 2. The molecule has 5 saturated heterocycles. The first-order valence-electron chi connectivity index (χ1n) is 23.0. The van der Waals surface area contributed by atoms with Crippen molar-refractivity contribution in [2.75, 3.05) is 39.6 Å². The molecule has 0 aromatic heterocycles. The molecule has 35 heteroatoms. The summed E-state index contributed by atoms with van der Waals surface area (Å²) in [6, 6.07) is -3.53. The zero-order valence-electron chi connectivity index (χ0n) is 39.3. The predicted molar refractivity (Wildman–Crippen MR) is 226 cm³/mol. The summed E-state index contributed by atoms with van der Waals surface area (Å²) in [5.74, 6) is -12.8. The lowest BCUT2D eigenvalue weighted by atomic mass is 9.88. The van der Waals surface area contributed by atoms with Crippen LogP contribution in [0.4, 0.5) is 0 Å². The van der Waals surface area contributed by atoms with Crippen molar-refractivity contribution >= 4 is 23.8 Å². The Labute approximate surface area is 422 Å². The lowest BCUT2D eigenvalue weighted by Gasteiger charge is -2.51. The van der Waals surface area contributed by atoms with E-state index in [1.807, 2.05) is 5.32 Å². The number of aliphatic hydroxyl groups excluding tert-OH is 18. The normalized spacial score (nSPS) is 44.2. The number of carboxylic acids is 2. The Bertz CT molecular complexity index is 1890. The van der Waals surface area contributed by atoms with Gasteiger partial charge in [-0.15, -0.1) is 0 Å². The highest BCUT2D eigenvalue weighted by Gasteiger charge is 2.62. The first kappa shape index (κ1) is 62.6. The van der Waals surface area contributed by atoms with Crippen molar-refractivity contribution in [1.82, 2.24) is 10.6 Å². The smallest absolute Gasteiger partial charge is 0.364 e. The number of hydrogen-bond donors (Lipinski definition) is 22. The van der Waals surface area contributed by atoms with Gasteiger partial charge in [0.25, 0.3) is 11.6 Å². The topological polar surface area (TPSA) is 580 Å². The van der Waals surface area contributed by atoms with Crippen LogP contribution in [0.1, 0.15) is 19.8 Å². The maximum Gasteiger partial charge on any atom is 0.364 e. The van der Waals surface area contributed by atoms with Crippen LogP contribution < -0.4 is 10.6 Å².